The number of nitrogens with one attached hydrogen (secondary N) is 1. The van der Waals surface area contributed by atoms with Crippen LogP contribution in [0.1, 0.15) is 6.42 Å². The highest BCUT2D eigenvalue weighted by atomic mass is 16.5. The largest absolute Gasteiger partial charge is 0.495 e. The van der Waals surface area contributed by atoms with Gasteiger partial charge in [0.2, 0.25) is 5.91 Å². The van der Waals surface area contributed by atoms with E-state index >= 15 is 0 Å². The quantitative estimate of drug-likeness (QED) is 0.586. The maximum absolute atomic E-state index is 13.0. The molecule has 3 aromatic rings. The van der Waals surface area contributed by atoms with Crippen molar-refractivity contribution in [3.8, 4) is 5.75 Å². The van der Waals surface area contributed by atoms with Gasteiger partial charge in [-0.2, -0.15) is 0 Å². The van der Waals surface area contributed by atoms with E-state index < -0.39 is 11.6 Å². The van der Waals surface area contributed by atoms with E-state index in [4.69, 9.17) is 9.47 Å². The molecule has 0 spiro atoms. The lowest BCUT2D eigenvalue weighted by atomic mass is 10.2. The van der Waals surface area contributed by atoms with Crippen LogP contribution in [0.25, 0.3) is 10.9 Å². The van der Waals surface area contributed by atoms with Crippen LogP contribution in [-0.4, -0.2) is 35.9 Å². The van der Waals surface area contributed by atoms with Crippen LogP contribution in [0.3, 0.4) is 0 Å². The van der Waals surface area contributed by atoms with Crippen LogP contribution >= 0.6 is 0 Å². The normalized spacial score (nSPS) is 10.8. The minimum Gasteiger partial charge on any atom is -0.495 e. The highest BCUT2D eigenvalue weighted by molar-refractivity contribution is 5.93. The summed E-state index contributed by atoms with van der Waals surface area (Å²) in [4.78, 5) is 38.4. The Kier molecular flexibility index (Phi) is 6.46. The number of amides is 1. The molecular weight excluding hydrogens is 374 g/mol. The molecule has 0 radical (unpaired) electrons. The molecule has 1 aromatic heterocycles. The van der Waals surface area contributed by atoms with Crippen molar-refractivity contribution >= 4 is 22.5 Å². The second-order valence-corrected chi connectivity index (χ2v) is 6.44. The molecule has 3 rings (SSSR count). The molecule has 0 unspecified atom stereocenters. The first kappa shape index (κ1) is 20.3. The molecule has 1 amide bonds. The van der Waals surface area contributed by atoms with Gasteiger partial charge in [0.15, 0.2) is 0 Å². The van der Waals surface area contributed by atoms with E-state index in [9.17, 15) is 14.4 Å². The number of nitrogens with zero attached hydrogens (tertiary/aromatic N) is 2. The van der Waals surface area contributed by atoms with Crippen molar-refractivity contribution in [2.45, 2.75) is 19.5 Å². The Labute approximate surface area is 167 Å². The summed E-state index contributed by atoms with van der Waals surface area (Å²) >= 11 is 0. The van der Waals surface area contributed by atoms with Crippen molar-refractivity contribution in [3.63, 3.8) is 0 Å². The molecule has 1 N–H and O–H groups in total. The minimum absolute atomic E-state index is 0.213. The number of aromatic nitrogens is 2. The van der Waals surface area contributed by atoms with Gasteiger partial charge in [0.1, 0.15) is 12.3 Å². The molecule has 0 saturated heterocycles. The van der Waals surface area contributed by atoms with Gasteiger partial charge >= 0.3 is 5.69 Å². The van der Waals surface area contributed by atoms with Crippen molar-refractivity contribution < 1.29 is 14.3 Å². The average molecular weight is 397 g/mol. The number of rotatable bonds is 8. The summed E-state index contributed by atoms with van der Waals surface area (Å²) < 4.78 is 12.7. The van der Waals surface area contributed by atoms with Crippen LogP contribution in [-0.2, 0) is 22.6 Å². The second-order valence-electron chi connectivity index (χ2n) is 6.44. The van der Waals surface area contributed by atoms with E-state index in [1.54, 1.807) is 55.6 Å². The second kappa shape index (κ2) is 9.20. The van der Waals surface area contributed by atoms with Gasteiger partial charge < -0.3 is 14.8 Å². The maximum Gasteiger partial charge on any atom is 0.331 e. The highest BCUT2D eigenvalue weighted by Gasteiger charge is 2.16. The molecule has 0 aliphatic carbocycles. The zero-order chi connectivity index (χ0) is 20.8. The van der Waals surface area contributed by atoms with Gasteiger partial charge in [0, 0.05) is 20.3 Å². The predicted octanol–water partition coefficient (Wildman–Crippen LogP) is 1.85. The summed E-state index contributed by atoms with van der Waals surface area (Å²) in [6.45, 7) is 0.402. The molecular formula is C21H23N3O5. The number of anilines is 1. The SMILES string of the molecule is COCCCn1c(=O)c2ccccc2n(CC(=O)Nc2ccccc2OC)c1=O. The molecule has 0 bridgehead atoms. The fourth-order valence-electron chi connectivity index (χ4n) is 3.17. The van der Waals surface area contributed by atoms with Gasteiger partial charge in [-0.3, -0.25) is 18.7 Å². The molecule has 0 aliphatic rings. The van der Waals surface area contributed by atoms with E-state index in [2.05, 4.69) is 5.32 Å². The standard InChI is InChI=1S/C21H23N3O5/c1-28-13-7-12-23-20(26)15-8-3-5-10-17(15)24(21(23)27)14-19(25)22-16-9-4-6-11-18(16)29-2/h3-6,8-11H,7,12-14H2,1-2H3,(H,22,25). The number of para-hydroxylation sites is 3. The number of ether oxygens (including phenoxy) is 2. The van der Waals surface area contributed by atoms with Crippen molar-refractivity contribution in [2.75, 3.05) is 26.1 Å². The molecule has 0 fully saturated rings. The fraction of sp³-hybridized carbons (Fsp3) is 0.286. The van der Waals surface area contributed by atoms with Crippen molar-refractivity contribution in [3.05, 3.63) is 69.4 Å². The van der Waals surface area contributed by atoms with Crippen molar-refractivity contribution in [2.24, 2.45) is 0 Å². The first-order valence-corrected chi connectivity index (χ1v) is 9.21. The Hall–Kier alpha value is -3.39. The first-order valence-electron chi connectivity index (χ1n) is 9.21. The summed E-state index contributed by atoms with van der Waals surface area (Å²) in [5, 5.41) is 3.14. The molecule has 8 heteroatoms. The Bertz CT molecular complexity index is 1130. The lowest BCUT2D eigenvalue weighted by Crippen LogP contribution is -2.42. The Morgan fingerprint density at radius 1 is 1.00 bits per heavy atom. The topological polar surface area (TPSA) is 91.6 Å². The Balaban J connectivity index is 1.98. The monoisotopic (exact) mass is 397 g/mol. The zero-order valence-electron chi connectivity index (χ0n) is 16.4. The fourth-order valence-corrected chi connectivity index (χ4v) is 3.17. The third kappa shape index (κ3) is 4.38. The van der Waals surface area contributed by atoms with Gasteiger partial charge in [0.25, 0.3) is 5.56 Å². The zero-order valence-corrected chi connectivity index (χ0v) is 16.4. The van der Waals surface area contributed by atoms with Crippen LogP contribution in [0, 0.1) is 0 Å². The molecule has 152 valence electrons. The predicted molar refractivity (Wildman–Crippen MR) is 111 cm³/mol. The lowest BCUT2D eigenvalue weighted by Gasteiger charge is -2.15. The third-order valence-corrected chi connectivity index (χ3v) is 4.55. The smallest absolute Gasteiger partial charge is 0.331 e. The summed E-state index contributed by atoms with van der Waals surface area (Å²) in [5.74, 6) is 0.117. The van der Waals surface area contributed by atoms with Crippen LogP contribution in [0.4, 0.5) is 5.69 Å². The van der Waals surface area contributed by atoms with E-state index in [1.807, 2.05) is 0 Å². The number of benzene rings is 2. The number of fused-ring (bicyclic) bond motifs is 1. The number of carbonyl (C=O) groups excluding carboxylic acids is 1. The summed E-state index contributed by atoms with van der Waals surface area (Å²) in [7, 11) is 3.07. The highest BCUT2D eigenvalue weighted by Crippen LogP contribution is 2.23. The number of hydrogen-bond acceptors (Lipinski definition) is 5. The van der Waals surface area contributed by atoms with Crippen LogP contribution < -0.4 is 21.3 Å². The first-order chi connectivity index (χ1) is 14.1. The van der Waals surface area contributed by atoms with Crippen molar-refractivity contribution in [1.29, 1.82) is 0 Å². The number of hydrogen-bond donors (Lipinski definition) is 1. The summed E-state index contributed by atoms with van der Waals surface area (Å²) in [6.07, 6.45) is 0.511. The van der Waals surface area contributed by atoms with E-state index in [0.717, 1.165) is 4.57 Å². The maximum atomic E-state index is 13.0. The van der Waals surface area contributed by atoms with Gasteiger partial charge in [-0.25, -0.2) is 4.79 Å². The lowest BCUT2D eigenvalue weighted by molar-refractivity contribution is -0.116. The molecule has 0 saturated carbocycles. The van der Waals surface area contributed by atoms with Gasteiger partial charge in [-0.05, 0) is 30.7 Å². The minimum atomic E-state index is -0.528. The van der Waals surface area contributed by atoms with E-state index in [0.29, 0.717) is 35.4 Å². The summed E-state index contributed by atoms with van der Waals surface area (Å²) in [5.41, 5.74) is 0.0227. The molecule has 0 aliphatic heterocycles. The third-order valence-electron chi connectivity index (χ3n) is 4.55. The van der Waals surface area contributed by atoms with E-state index in [-0.39, 0.29) is 18.6 Å². The van der Waals surface area contributed by atoms with Gasteiger partial charge in [0.05, 0.1) is 23.7 Å². The van der Waals surface area contributed by atoms with Gasteiger partial charge in [-0.15, -0.1) is 0 Å². The average Bonchev–Trinajstić information content (AvgIpc) is 2.74. The number of carbonyl (C=O) groups is 1. The Morgan fingerprint density at radius 2 is 1.72 bits per heavy atom. The Morgan fingerprint density at radius 3 is 2.48 bits per heavy atom. The van der Waals surface area contributed by atoms with Crippen LogP contribution in [0.15, 0.2) is 58.1 Å². The van der Waals surface area contributed by atoms with Crippen LogP contribution in [0.2, 0.25) is 0 Å². The molecule has 8 nitrogen and oxygen atoms in total. The molecule has 29 heavy (non-hydrogen) atoms. The van der Waals surface area contributed by atoms with E-state index in [1.165, 1.54) is 11.7 Å². The molecule has 2 aromatic carbocycles. The molecule has 0 atom stereocenters. The summed E-state index contributed by atoms with van der Waals surface area (Å²) in [6, 6.07) is 13.8. The number of methoxy groups -OCH3 is 2. The molecule has 1 heterocycles. The van der Waals surface area contributed by atoms with Gasteiger partial charge in [-0.1, -0.05) is 24.3 Å². The van der Waals surface area contributed by atoms with Crippen LogP contribution in [0.5, 0.6) is 5.75 Å². The van der Waals surface area contributed by atoms with Crippen molar-refractivity contribution in [1.82, 2.24) is 9.13 Å².